The predicted octanol–water partition coefficient (Wildman–Crippen LogP) is 2.79. The number of carbonyl (C=O) groups excluding carboxylic acids is 2. The molecule has 27 heavy (non-hydrogen) atoms. The summed E-state index contributed by atoms with van der Waals surface area (Å²) in [5.74, 6) is -0.994. The first-order valence-corrected chi connectivity index (χ1v) is 12.7. The van der Waals surface area contributed by atoms with E-state index in [0.29, 0.717) is 12.4 Å². The number of hydrogen-bond acceptors (Lipinski definition) is 4. The molecule has 1 atom stereocenters. The van der Waals surface area contributed by atoms with Crippen molar-refractivity contribution in [3.63, 3.8) is 0 Å². The summed E-state index contributed by atoms with van der Waals surface area (Å²) in [5, 5.41) is 2.85. The van der Waals surface area contributed by atoms with Gasteiger partial charge in [-0.15, -0.1) is 0 Å². The van der Waals surface area contributed by atoms with Crippen LogP contribution in [0.2, 0.25) is 25.7 Å². The molecule has 1 heterocycles. The highest BCUT2D eigenvalue weighted by atomic mass is 28.3. The highest BCUT2D eigenvalue weighted by Gasteiger charge is 2.18. The number of amides is 2. The first-order valence-electron chi connectivity index (χ1n) is 8.96. The second kappa shape index (κ2) is 8.96. The quantitative estimate of drug-likeness (QED) is 0.510. The molecule has 2 aromatic rings. The van der Waals surface area contributed by atoms with Crippen LogP contribution in [0.1, 0.15) is 39.4 Å². The van der Waals surface area contributed by atoms with Crippen LogP contribution in [-0.4, -0.2) is 36.0 Å². The fraction of sp³-hybridized carbons (Fsp3) is 0.421. The molecule has 0 aliphatic carbocycles. The van der Waals surface area contributed by atoms with Gasteiger partial charge in [-0.2, -0.15) is 0 Å². The van der Waals surface area contributed by atoms with Gasteiger partial charge in [-0.3, -0.25) is 9.59 Å². The third-order valence-corrected chi connectivity index (χ3v) is 5.82. The number of nitrogens with zero attached hydrogens (tertiary/aromatic N) is 2. The molecule has 146 valence electrons. The molecule has 0 saturated heterocycles. The number of primary amides is 1. The van der Waals surface area contributed by atoms with Crippen LogP contribution in [0.3, 0.4) is 0 Å². The van der Waals surface area contributed by atoms with E-state index in [2.05, 4.69) is 29.9 Å². The molecular formula is C19H28N4O3Si. The normalized spacial score (nSPS) is 12.6. The van der Waals surface area contributed by atoms with Gasteiger partial charge in [0.25, 0.3) is 5.91 Å². The van der Waals surface area contributed by atoms with E-state index in [4.69, 9.17) is 10.5 Å². The van der Waals surface area contributed by atoms with E-state index < -0.39 is 14.0 Å². The van der Waals surface area contributed by atoms with E-state index in [9.17, 15) is 9.59 Å². The first kappa shape index (κ1) is 20.9. The molecule has 1 aromatic carbocycles. The minimum absolute atomic E-state index is 0.198. The Hall–Kier alpha value is -2.45. The first-order chi connectivity index (χ1) is 12.7. The predicted molar refractivity (Wildman–Crippen MR) is 107 cm³/mol. The third-order valence-electron chi connectivity index (χ3n) is 4.12. The minimum atomic E-state index is -1.10. The number of hydrogen-bond donors (Lipinski definition) is 2. The largest absolute Gasteiger partial charge is 0.366 e. The molecule has 8 heteroatoms. The molecule has 3 N–H and O–H groups in total. The summed E-state index contributed by atoms with van der Waals surface area (Å²) in [7, 11) is -1.10. The number of aromatic nitrogens is 2. The van der Waals surface area contributed by atoms with Crippen molar-refractivity contribution in [3.05, 3.63) is 53.6 Å². The fourth-order valence-corrected chi connectivity index (χ4v) is 3.22. The zero-order chi connectivity index (χ0) is 20.0. The van der Waals surface area contributed by atoms with Gasteiger partial charge in [0, 0.05) is 20.9 Å². The molecule has 1 unspecified atom stereocenters. The number of carbonyl (C=O) groups is 2. The van der Waals surface area contributed by atoms with Gasteiger partial charge in [0.05, 0.1) is 29.2 Å². The van der Waals surface area contributed by atoms with Crippen LogP contribution in [0.5, 0.6) is 0 Å². The van der Waals surface area contributed by atoms with E-state index >= 15 is 0 Å². The number of nitrogens with two attached hydrogens (primary N) is 1. The second-order valence-corrected chi connectivity index (χ2v) is 13.4. The second-order valence-electron chi connectivity index (χ2n) is 7.77. The Balaban J connectivity index is 1.93. The van der Waals surface area contributed by atoms with Crippen LogP contribution in [0.4, 0.5) is 0 Å². The van der Waals surface area contributed by atoms with Gasteiger partial charge < -0.3 is 20.4 Å². The third kappa shape index (κ3) is 6.33. The molecule has 0 aliphatic rings. The molecule has 0 aliphatic heterocycles. The van der Waals surface area contributed by atoms with Crippen molar-refractivity contribution in [1.29, 1.82) is 0 Å². The number of rotatable bonds is 9. The van der Waals surface area contributed by atoms with Crippen molar-refractivity contribution in [3.8, 4) is 0 Å². The maximum atomic E-state index is 12.5. The molecule has 0 spiro atoms. The summed E-state index contributed by atoms with van der Waals surface area (Å²) in [6.45, 7) is 9.94. The Morgan fingerprint density at radius 1 is 1.26 bits per heavy atom. The van der Waals surface area contributed by atoms with Gasteiger partial charge in [-0.1, -0.05) is 31.8 Å². The number of nitrogens with one attached hydrogen (secondary N) is 1. The fourth-order valence-electron chi connectivity index (χ4n) is 2.46. The maximum Gasteiger partial charge on any atom is 0.252 e. The molecule has 2 rings (SSSR count). The Morgan fingerprint density at radius 2 is 1.93 bits per heavy atom. The van der Waals surface area contributed by atoms with Gasteiger partial charge in [-0.05, 0) is 25.1 Å². The van der Waals surface area contributed by atoms with Crippen LogP contribution in [-0.2, 0) is 11.5 Å². The minimum Gasteiger partial charge on any atom is -0.366 e. The van der Waals surface area contributed by atoms with Crippen molar-refractivity contribution >= 4 is 19.9 Å². The van der Waals surface area contributed by atoms with E-state index in [1.165, 1.54) is 6.07 Å². The molecule has 0 bridgehead atoms. The molecular weight excluding hydrogens is 360 g/mol. The van der Waals surface area contributed by atoms with Crippen molar-refractivity contribution in [2.75, 3.05) is 6.61 Å². The summed E-state index contributed by atoms with van der Waals surface area (Å²) in [4.78, 5) is 28.3. The smallest absolute Gasteiger partial charge is 0.252 e. The lowest BCUT2D eigenvalue weighted by Gasteiger charge is -2.15. The Morgan fingerprint density at radius 3 is 2.56 bits per heavy atom. The van der Waals surface area contributed by atoms with Crippen molar-refractivity contribution < 1.29 is 14.3 Å². The summed E-state index contributed by atoms with van der Waals surface area (Å²) in [6.07, 6.45) is 3.53. The average molecular weight is 389 g/mol. The zero-order valence-corrected chi connectivity index (χ0v) is 17.4. The molecule has 1 aromatic heterocycles. The lowest BCUT2D eigenvalue weighted by atomic mass is 10.1. The SMILES string of the molecule is CC(NC(=O)c1ccccc1C(N)=O)c1cn(COCC[Si](C)(C)C)cn1. The summed E-state index contributed by atoms with van der Waals surface area (Å²) >= 11 is 0. The van der Waals surface area contributed by atoms with Crippen LogP contribution in [0.15, 0.2) is 36.8 Å². The summed E-state index contributed by atoms with van der Waals surface area (Å²) < 4.78 is 7.55. The van der Waals surface area contributed by atoms with Gasteiger partial charge in [0.15, 0.2) is 0 Å². The van der Waals surface area contributed by atoms with Crippen molar-refractivity contribution in [2.24, 2.45) is 5.73 Å². The standard InChI is InChI=1S/C19H28N4O3Si/c1-14(22-19(25)16-8-6-5-7-15(16)18(20)24)17-11-23(12-21-17)13-26-9-10-27(2,3)4/h5-8,11-12,14H,9-10,13H2,1-4H3,(H2,20,24)(H,22,25). The van der Waals surface area contributed by atoms with Gasteiger partial charge >= 0.3 is 0 Å². The average Bonchev–Trinajstić information content (AvgIpc) is 3.07. The van der Waals surface area contributed by atoms with E-state index in [1.54, 1.807) is 24.5 Å². The molecule has 2 amide bonds. The zero-order valence-electron chi connectivity index (χ0n) is 16.4. The summed E-state index contributed by atoms with van der Waals surface area (Å²) in [5.41, 5.74) is 6.51. The van der Waals surface area contributed by atoms with E-state index in [-0.39, 0.29) is 23.1 Å². The molecule has 0 fully saturated rings. The Labute approximate surface area is 160 Å². The highest BCUT2D eigenvalue weighted by Crippen LogP contribution is 2.14. The van der Waals surface area contributed by atoms with E-state index in [1.807, 2.05) is 17.7 Å². The van der Waals surface area contributed by atoms with Crippen molar-refractivity contribution in [2.45, 2.75) is 45.4 Å². The van der Waals surface area contributed by atoms with Crippen molar-refractivity contribution in [1.82, 2.24) is 14.9 Å². The van der Waals surface area contributed by atoms with Gasteiger partial charge in [0.2, 0.25) is 5.91 Å². The lowest BCUT2D eigenvalue weighted by Crippen LogP contribution is -2.29. The van der Waals surface area contributed by atoms with Crippen LogP contribution >= 0.6 is 0 Å². The van der Waals surface area contributed by atoms with E-state index in [0.717, 1.165) is 12.7 Å². The maximum absolute atomic E-state index is 12.5. The molecule has 0 radical (unpaired) electrons. The van der Waals surface area contributed by atoms with Crippen LogP contribution < -0.4 is 11.1 Å². The number of imidazole rings is 1. The summed E-state index contributed by atoms with van der Waals surface area (Å²) in [6, 6.07) is 7.27. The molecule has 0 saturated carbocycles. The van der Waals surface area contributed by atoms with Gasteiger partial charge in [-0.25, -0.2) is 4.98 Å². The molecule has 7 nitrogen and oxygen atoms in total. The Bertz CT molecular complexity index is 798. The lowest BCUT2D eigenvalue weighted by molar-refractivity contribution is 0.0870. The highest BCUT2D eigenvalue weighted by molar-refractivity contribution is 6.76. The van der Waals surface area contributed by atoms with Crippen LogP contribution in [0, 0.1) is 0 Å². The van der Waals surface area contributed by atoms with Gasteiger partial charge in [0.1, 0.15) is 6.73 Å². The Kier molecular flexibility index (Phi) is 6.92. The monoisotopic (exact) mass is 388 g/mol. The number of benzene rings is 1. The van der Waals surface area contributed by atoms with Crippen LogP contribution in [0.25, 0.3) is 0 Å². The number of ether oxygens (including phenoxy) is 1. The topological polar surface area (TPSA) is 99.2 Å².